The molecule has 0 aliphatic carbocycles. The third kappa shape index (κ3) is 10.2. The van der Waals surface area contributed by atoms with Gasteiger partial charge in [-0.2, -0.15) is 0 Å². The van der Waals surface area contributed by atoms with Crippen molar-refractivity contribution in [2.45, 2.75) is 38.8 Å². The molecule has 0 bridgehead atoms. The number of ether oxygens (including phenoxy) is 1. The van der Waals surface area contributed by atoms with Gasteiger partial charge in [-0.05, 0) is 49.7 Å². The molecule has 1 unspecified atom stereocenters. The molecular weight excluding hydrogens is 454 g/mol. The minimum absolute atomic E-state index is 0.0506. The van der Waals surface area contributed by atoms with Crippen molar-refractivity contribution in [1.82, 2.24) is 0 Å². The van der Waals surface area contributed by atoms with E-state index in [-0.39, 0.29) is 23.6 Å². The van der Waals surface area contributed by atoms with Crippen LogP contribution < -0.4 is 21.5 Å². The highest BCUT2D eigenvalue weighted by atomic mass is 35.5. The lowest BCUT2D eigenvalue weighted by Gasteiger charge is -2.11. The summed E-state index contributed by atoms with van der Waals surface area (Å²) >= 11 is 5.88. The average molecular weight is 482 g/mol. The smallest absolute Gasteiger partial charge is 0.339 e. The molecule has 2 aromatic carbocycles. The van der Waals surface area contributed by atoms with E-state index in [0.29, 0.717) is 29.2 Å². The summed E-state index contributed by atoms with van der Waals surface area (Å²) in [4.78, 5) is 32.3. The maximum Gasteiger partial charge on any atom is 0.339 e. The molecule has 0 saturated heterocycles. The van der Waals surface area contributed by atoms with E-state index in [0.717, 1.165) is 12.8 Å². The van der Waals surface area contributed by atoms with Crippen molar-refractivity contribution in [3.8, 4) is 11.5 Å². The summed E-state index contributed by atoms with van der Waals surface area (Å²) in [5.74, 6) is -2.70. The molecule has 180 valence electrons. The second kappa shape index (κ2) is 13.9. The highest BCUT2D eigenvalue weighted by Crippen LogP contribution is 2.26. The largest absolute Gasteiger partial charge is 0.508 e. The fourth-order valence-electron chi connectivity index (χ4n) is 2.57. The summed E-state index contributed by atoms with van der Waals surface area (Å²) in [6.45, 7) is 2.06. The SMILES string of the molecule is CC(=O)Oc1cc(NCc2cc(Cl)ccc2O)ccc1C(=O)O.NCCCCC(N)C(=O)O. The Morgan fingerprint density at radius 2 is 1.82 bits per heavy atom. The Kier molecular flexibility index (Phi) is 11.7. The zero-order valence-corrected chi connectivity index (χ0v) is 18.8. The minimum atomic E-state index is -1.19. The van der Waals surface area contributed by atoms with Gasteiger partial charge in [-0.3, -0.25) is 9.59 Å². The molecule has 2 aromatic rings. The summed E-state index contributed by atoms with van der Waals surface area (Å²) in [5, 5.41) is 30.7. The number of carbonyl (C=O) groups excluding carboxylic acids is 1. The van der Waals surface area contributed by atoms with Crippen LogP contribution in [0.2, 0.25) is 5.02 Å². The normalized spacial score (nSPS) is 11.0. The minimum Gasteiger partial charge on any atom is -0.508 e. The molecule has 0 radical (unpaired) electrons. The molecule has 0 heterocycles. The number of anilines is 1. The number of unbranched alkanes of at least 4 members (excludes halogenated alkanes) is 1. The average Bonchev–Trinajstić information content (AvgIpc) is 2.74. The molecule has 33 heavy (non-hydrogen) atoms. The van der Waals surface area contributed by atoms with Crippen LogP contribution in [0.25, 0.3) is 0 Å². The third-order valence-electron chi connectivity index (χ3n) is 4.28. The number of halogens is 1. The van der Waals surface area contributed by atoms with Gasteiger partial charge in [-0.25, -0.2) is 4.79 Å². The predicted octanol–water partition coefficient (Wildman–Crippen LogP) is 2.81. The second-order valence-corrected chi connectivity index (χ2v) is 7.40. The Morgan fingerprint density at radius 1 is 1.12 bits per heavy atom. The summed E-state index contributed by atoms with van der Waals surface area (Å²) in [7, 11) is 0. The van der Waals surface area contributed by atoms with Crippen LogP contribution in [0.4, 0.5) is 5.69 Å². The lowest BCUT2D eigenvalue weighted by atomic mass is 10.1. The monoisotopic (exact) mass is 481 g/mol. The number of hydrogen-bond donors (Lipinski definition) is 6. The van der Waals surface area contributed by atoms with E-state index in [9.17, 15) is 19.5 Å². The van der Waals surface area contributed by atoms with Gasteiger partial charge in [0.2, 0.25) is 0 Å². The van der Waals surface area contributed by atoms with Gasteiger partial charge in [0.15, 0.2) is 0 Å². The van der Waals surface area contributed by atoms with Crippen LogP contribution in [0, 0.1) is 0 Å². The fraction of sp³-hybridized carbons (Fsp3) is 0.318. The number of aromatic carboxylic acids is 1. The lowest BCUT2D eigenvalue weighted by Crippen LogP contribution is -2.29. The topological polar surface area (TPSA) is 185 Å². The maximum absolute atomic E-state index is 11.1. The van der Waals surface area contributed by atoms with Gasteiger partial charge in [0.05, 0.1) is 0 Å². The van der Waals surface area contributed by atoms with E-state index in [1.165, 1.54) is 31.2 Å². The number of benzene rings is 2. The number of aliphatic carboxylic acids is 1. The summed E-state index contributed by atoms with van der Waals surface area (Å²) in [6, 6.07) is 8.23. The molecular formula is C22H28ClN3O7. The first kappa shape index (κ1) is 27.7. The molecule has 0 aliphatic rings. The second-order valence-electron chi connectivity index (χ2n) is 6.97. The number of phenols is 1. The van der Waals surface area contributed by atoms with Crippen molar-refractivity contribution in [3.63, 3.8) is 0 Å². The van der Waals surface area contributed by atoms with Crippen molar-refractivity contribution in [3.05, 3.63) is 52.5 Å². The van der Waals surface area contributed by atoms with E-state index in [4.69, 9.17) is 38.0 Å². The molecule has 8 N–H and O–H groups in total. The Balaban J connectivity index is 0.000000461. The Morgan fingerprint density at radius 3 is 2.39 bits per heavy atom. The summed E-state index contributed by atoms with van der Waals surface area (Å²) < 4.78 is 4.91. The number of nitrogens with one attached hydrogen (secondary N) is 1. The molecule has 10 nitrogen and oxygen atoms in total. The number of nitrogens with two attached hydrogens (primary N) is 2. The number of phenolic OH excluding ortho intramolecular Hbond substituents is 1. The molecule has 11 heteroatoms. The van der Waals surface area contributed by atoms with Crippen LogP contribution >= 0.6 is 11.6 Å². The third-order valence-corrected chi connectivity index (χ3v) is 4.51. The van der Waals surface area contributed by atoms with Crippen molar-refractivity contribution in [2.75, 3.05) is 11.9 Å². The summed E-state index contributed by atoms with van der Waals surface area (Å²) in [6.07, 6.45) is 2.16. The maximum atomic E-state index is 11.1. The fourth-order valence-corrected chi connectivity index (χ4v) is 2.77. The van der Waals surface area contributed by atoms with Crippen LogP contribution in [0.1, 0.15) is 42.1 Å². The molecule has 0 spiro atoms. The quantitative estimate of drug-likeness (QED) is 0.167. The molecule has 0 saturated carbocycles. The van der Waals surface area contributed by atoms with Crippen LogP contribution in [0.15, 0.2) is 36.4 Å². The molecule has 0 amide bonds. The van der Waals surface area contributed by atoms with E-state index >= 15 is 0 Å². The van der Waals surface area contributed by atoms with Gasteiger partial charge in [-0.1, -0.05) is 18.0 Å². The number of rotatable bonds is 10. The number of hydrogen-bond acceptors (Lipinski definition) is 8. The lowest BCUT2D eigenvalue weighted by molar-refractivity contribution is -0.138. The summed E-state index contributed by atoms with van der Waals surface area (Å²) in [5.41, 5.74) is 11.4. The van der Waals surface area contributed by atoms with Gasteiger partial charge < -0.3 is 36.8 Å². The van der Waals surface area contributed by atoms with E-state index in [2.05, 4.69) is 5.32 Å². The zero-order valence-electron chi connectivity index (χ0n) is 18.1. The van der Waals surface area contributed by atoms with E-state index < -0.39 is 23.9 Å². The molecule has 0 aromatic heterocycles. The molecule has 2 rings (SSSR count). The van der Waals surface area contributed by atoms with Crippen LogP contribution in [-0.2, 0) is 16.1 Å². The first-order valence-electron chi connectivity index (χ1n) is 10.0. The first-order valence-corrected chi connectivity index (χ1v) is 10.4. The van der Waals surface area contributed by atoms with Crippen LogP contribution in [0.3, 0.4) is 0 Å². The van der Waals surface area contributed by atoms with Gasteiger partial charge in [0.1, 0.15) is 23.1 Å². The van der Waals surface area contributed by atoms with Gasteiger partial charge in [-0.15, -0.1) is 0 Å². The van der Waals surface area contributed by atoms with Crippen molar-refractivity contribution >= 4 is 35.2 Å². The predicted molar refractivity (Wildman–Crippen MR) is 124 cm³/mol. The van der Waals surface area contributed by atoms with E-state index in [1.54, 1.807) is 12.1 Å². The van der Waals surface area contributed by atoms with Gasteiger partial charge >= 0.3 is 17.9 Å². The molecule has 0 aliphatic heterocycles. The zero-order chi connectivity index (χ0) is 25.0. The first-order chi connectivity index (χ1) is 15.5. The van der Waals surface area contributed by atoms with Crippen LogP contribution in [-0.4, -0.2) is 45.8 Å². The highest BCUT2D eigenvalue weighted by molar-refractivity contribution is 6.30. The number of carboxylic acids is 2. The molecule has 0 fully saturated rings. The Hall–Kier alpha value is -3.34. The van der Waals surface area contributed by atoms with Crippen molar-refractivity contribution in [2.24, 2.45) is 11.5 Å². The van der Waals surface area contributed by atoms with Crippen molar-refractivity contribution < 1.29 is 34.4 Å². The van der Waals surface area contributed by atoms with Gasteiger partial charge in [0.25, 0.3) is 0 Å². The number of carboxylic acid groups (broad SMARTS) is 2. The van der Waals surface area contributed by atoms with E-state index in [1.807, 2.05) is 0 Å². The number of carbonyl (C=O) groups is 3. The number of aromatic hydroxyl groups is 1. The molecule has 1 atom stereocenters. The Labute approximate surface area is 196 Å². The van der Waals surface area contributed by atoms with Gasteiger partial charge in [0, 0.05) is 35.8 Å². The number of esters is 1. The van der Waals surface area contributed by atoms with Crippen LogP contribution in [0.5, 0.6) is 11.5 Å². The standard InChI is InChI=1S/C16H14ClNO5.C6H14N2O2/c1-9(19)23-15-7-12(3-4-13(15)16(21)22)18-8-10-6-11(17)2-5-14(10)20;7-4-2-1-3-5(8)6(9)10/h2-7,18,20H,8H2,1H3,(H,21,22);5H,1-4,7-8H2,(H,9,10). The van der Waals surface area contributed by atoms with Crippen molar-refractivity contribution in [1.29, 1.82) is 0 Å². The highest BCUT2D eigenvalue weighted by Gasteiger charge is 2.14. The Bertz CT molecular complexity index is 969.